The van der Waals surface area contributed by atoms with Gasteiger partial charge in [-0.1, -0.05) is 13.8 Å². The van der Waals surface area contributed by atoms with Gasteiger partial charge in [-0.25, -0.2) is 0 Å². The molecule has 2 heteroatoms. The highest BCUT2D eigenvalue weighted by molar-refractivity contribution is 5.50. The van der Waals surface area contributed by atoms with E-state index in [9.17, 15) is 4.79 Å². The molecule has 0 radical (unpaired) electrons. The van der Waals surface area contributed by atoms with Crippen molar-refractivity contribution in [2.45, 2.75) is 26.7 Å². The molecule has 0 rings (SSSR count). The van der Waals surface area contributed by atoms with Gasteiger partial charge in [0.1, 0.15) is 6.29 Å². The van der Waals surface area contributed by atoms with Gasteiger partial charge in [0.05, 0.1) is 12.0 Å². The lowest BCUT2D eigenvalue weighted by atomic mass is 9.96. The molecule has 10 heavy (non-hydrogen) atoms. The second kappa shape index (κ2) is 4.99. The maximum Gasteiger partial charge on any atom is 0.121 e. The highest BCUT2D eigenvalue weighted by Gasteiger charge is 2.07. The van der Waals surface area contributed by atoms with Gasteiger partial charge in [0.25, 0.3) is 0 Å². The van der Waals surface area contributed by atoms with Crippen LogP contribution in [0.3, 0.4) is 0 Å². The molecule has 0 saturated heterocycles. The maximum atomic E-state index is 10.0. The summed E-state index contributed by atoms with van der Waals surface area (Å²) in [6, 6.07) is 2.10. The molecule has 0 N–H and O–H groups in total. The van der Waals surface area contributed by atoms with Crippen LogP contribution in [0.25, 0.3) is 0 Å². The lowest BCUT2D eigenvalue weighted by Crippen LogP contribution is -2.02. The summed E-state index contributed by atoms with van der Waals surface area (Å²) < 4.78 is 0. The third kappa shape index (κ3) is 4.08. The number of nitrogens with zero attached hydrogens (tertiary/aromatic N) is 1. The molecule has 1 atom stereocenters. The molecular formula is C8H13NO. The third-order valence-electron chi connectivity index (χ3n) is 1.32. The van der Waals surface area contributed by atoms with Crippen LogP contribution in [-0.2, 0) is 4.79 Å². The molecular weight excluding hydrogens is 126 g/mol. The summed E-state index contributed by atoms with van der Waals surface area (Å²) in [5, 5.41) is 8.50. The Morgan fingerprint density at radius 2 is 2.20 bits per heavy atom. The van der Waals surface area contributed by atoms with Crippen LogP contribution >= 0.6 is 0 Å². The van der Waals surface area contributed by atoms with Gasteiger partial charge in [0.2, 0.25) is 0 Å². The van der Waals surface area contributed by atoms with Crippen molar-refractivity contribution in [2.24, 2.45) is 11.8 Å². The molecule has 0 heterocycles. The van der Waals surface area contributed by atoms with E-state index >= 15 is 0 Å². The van der Waals surface area contributed by atoms with Crippen LogP contribution in [0.5, 0.6) is 0 Å². The summed E-state index contributed by atoms with van der Waals surface area (Å²) in [6.07, 6.45) is 2.03. The van der Waals surface area contributed by atoms with Crippen molar-refractivity contribution in [2.75, 3.05) is 0 Å². The number of carbonyl (C=O) groups is 1. The zero-order chi connectivity index (χ0) is 7.98. The fourth-order valence-corrected chi connectivity index (χ4v) is 0.887. The van der Waals surface area contributed by atoms with Gasteiger partial charge in [-0.05, 0) is 12.3 Å². The largest absolute Gasteiger partial charge is 0.303 e. The Hall–Kier alpha value is -0.840. The second-order valence-corrected chi connectivity index (χ2v) is 2.86. The van der Waals surface area contributed by atoms with E-state index in [1.54, 1.807) is 0 Å². The van der Waals surface area contributed by atoms with Crippen LogP contribution in [0.4, 0.5) is 0 Å². The van der Waals surface area contributed by atoms with Gasteiger partial charge in [-0.2, -0.15) is 5.26 Å². The summed E-state index contributed by atoms with van der Waals surface area (Å²) in [6.45, 7) is 4.10. The SMILES string of the molecule is CC(C)C[C@H](C#N)CC=O. The Bertz CT molecular complexity index is 135. The van der Waals surface area contributed by atoms with Crippen LogP contribution in [0.1, 0.15) is 26.7 Å². The number of hydrogen-bond donors (Lipinski definition) is 0. The van der Waals surface area contributed by atoms with Gasteiger partial charge < -0.3 is 4.79 Å². The molecule has 0 bridgehead atoms. The quantitative estimate of drug-likeness (QED) is 0.557. The van der Waals surface area contributed by atoms with Crippen molar-refractivity contribution in [3.63, 3.8) is 0 Å². The molecule has 0 fully saturated rings. The van der Waals surface area contributed by atoms with Crippen molar-refractivity contribution in [3.05, 3.63) is 0 Å². The Morgan fingerprint density at radius 1 is 1.60 bits per heavy atom. The molecule has 0 aliphatic rings. The topological polar surface area (TPSA) is 40.9 Å². The highest BCUT2D eigenvalue weighted by Crippen LogP contribution is 2.12. The van der Waals surface area contributed by atoms with Crippen LogP contribution in [-0.4, -0.2) is 6.29 Å². The maximum absolute atomic E-state index is 10.0. The van der Waals surface area contributed by atoms with E-state index < -0.39 is 0 Å². The standard InChI is InChI=1S/C8H13NO/c1-7(2)5-8(6-9)3-4-10/h4,7-8H,3,5H2,1-2H3/t8-/m1/s1. The lowest BCUT2D eigenvalue weighted by molar-refractivity contribution is -0.108. The summed E-state index contributed by atoms with van der Waals surface area (Å²) in [7, 11) is 0. The van der Waals surface area contributed by atoms with E-state index in [1.807, 2.05) is 0 Å². The smallest absolute Gasteiger partial charge is 0.121 e. The zero-order valence-corrected chi connectivity index (χ0v) is 6.50. The van der Waals surface area contributed by atoms with Crippen molar-refractivity contribution in [1.29, 1.82) is 5.26 Å². The number of nitriles is 1. The van der Waals surface area contributed by atoms with Crippen LogP contribution in [0.2, 0.25) is 0 Å². The Balaban J connectivity index is 3.62. The van der Waals surface area contributed by atoms with Crippen LogP contribution < -0.4 is 0 Å². The average Bonchev–Trinajstić information content (AvgIpc) is 1.86. The molecule has 0 saturated carbocycles. The van der Waals surface area contributed by atoms with Gasteiger partial charge in [-0.3, -0.25) is 0 Å². The minimum atomic E-state index is -0.0718. The Morgan fingerprint density at radius 3 is 2.50 bits per heavy atom. The highest BCUT2D eigenvalue weighted by atomic mass is 16.1. The second-order valence-electron chi connectivity index (χ2n) is 2.86. The molecule has 0 spiro atoms. The average molecular weight is 139 g/mol. The van der Waals surface area contributed by atoms with E-state index in [1.165, 1.54) is 0 Å². The molecule has 0 aliphatic heterocycles. The first kappa shape index (κ1) is 9.16. The molecule has 0 aromatic rings. The Kier molecular flexibility index (Phi) is 4.57. The third-order valence-corrected chi connectivity index (χ3v) is 1.32. The van der Waals surface area contributed by atoms with E-state index in [4.69, 9.17) is 5.26 Å². The van der Waals surface area contributed by atoms with Gasteiger partial charge in [0, 0.05) is 6.42 Å². The summed E-state index contributed by atoms with van der Waals surface area (Å²) in [4.78, 5) is 10.0. The molecule has 0 unspecified atom stereocenters. The van der Waals surface area contributed by atoms with Crippen LogP contribution in [0.15, 0.2) is 0 Å². The summed E-state index contributed by atoms with van der Waals surface area (Å²) in [5.74, 6) is 0.432. The van der Waals surface area contributed by atoms with E-state index in [0.29, 0.717) is 12.3 Å². The Labute approximate surface area is 61.8 Å². The van der Waals surface area contributed by atoms with E-state index in [0.717, 1.165) is 12.7 Å². The fraction of sp³-hybridized carbons (Fsp3) is 0.750. The monoisotopic (exact) mass is 139 g/mol. The van der Waals surface area contributed by atoms with Gasteiger partial charge in [0.15, 0.2) is 0 Å². The summed E-state index contributed by atoms with van der Waals surface area (Å²) >= 11 is 0. The lowest BCUT2D eigenvalue weighted by Gasteiger charge is -2.06. The predicted octanol–water partition coefficient (Wildman–Crippen LogP) is 1.76. The van der Waals surface area contributed by atoms with Crippen molar-refractivity contribution < 1.29 is 4.79 Å². The van der Waals surface area contributed by atoms with E-state index in [2.05, 4.69) is 19.9 Å². The zero-order valence-electron chi connectivity index (χ0n) is 6.50. The van der Waals surface area contributed by atoms with Gasteiger partial charge >= 0.3 is 0 Å². The van der Waals surface area contributed by atoms with Crippen molar-refractivity contribution in [3.8, 4) is 6.07 Å². The minimum Gasteiger partial charge on any atom is -0.303 e. The first-order valence-electron chi connectivity index (χ1n) is 3.54. The number of hydrogen-bond acceptors (Lipinski definition) is 2. The number of aldehydes is 1. The molecule has 0 amide bonds. The molecule has 0 aromatic heterocycles. The van der Waals surface area contributed by atoms with Crippen LogP contribution in [0, 0.1) is 23.2 Å². The van der Waals surface area contributed by atoms with Crippen molar-refractivity contribution in [1.82, 2.24) is 0 Å². The van der Waals surface area contributed by atoms with E-state index in [-0.39, 0.29) is 5.92 Å². The molecule has 2 nitrogen and oxygen atoms in total. The first-order valence-corrected chi connectivity index (χ1v) is 3.54. The number of carbonyl (C=O) groups excluding carboxylic acids is 1. The number of rotatable bonds is 4. The minimum absolute atomic E-state index is 0.0718. The normalized spacial score (nSPS) is 12.6. The molecule has 56 valence electrons. The first-order chi connectivity index (χ1) is 4.70. The predicted molar refractivity (Wildman–Crippen MR) is 39.2 cm³/mol. The molecule has 0 aliphatic carbocycles. The fourth-order valence-electron chi connectivity index (χ4n) is 0.887. The molecule has 0 aromatic carbocycles. The summed E-state index contributed by atoms with van der Waals surface area (Å²) in [5.41, 5.74) is 0. The van der Waals surface area contributed by atoms with Gasteiger partial charge in [-0.15, -0.1) is 0 Å². The van der Waals surface area contributed by atoms with Crippen molar-refractivity contribution >= 4 is 6.29 Å².